The molecule has 4 rings (SSSR count). The topological polar surface area (TPSA) is 86.8 Å². The van der Waals surface area contributed by atoms with Crippen LogP contribution in [-0.2, 0) is 5.41 Å². The largest absolute Gasteiger partial charge is 0.494 e. The third kappa shape index (κ3) is 3.74. The van der Waals surface area contributed by atoms with E-state index < -0.39 is 12.3 Å². The van der Waals surface area contributed by atoms with Crippen molar-refractivity contribution in [3.8, 4) is 5.75 Å². The summed E-state index contributed by atoms with van der Waals surface area (Å²) in [6.07, 6.45) is 1.93. The number of nitro groups is 1. The minimum Gasteiger partial charge on any atom is -0.494 e. The minimum absolute atomic E-state index is 0.0232. The lowest BCUT2D eigenvalue weighted by Crippen LogP contribution is -2.30. The second kappa shape index (κ2) is 9.13. The summed E-state index contributed by atoms with van der Waals surface area (Å²) < 4.78 is 15.2. The van der Waals surface area contributed by atoms with E-state index in [9.17, 15) is 10.1 Å². The highest BCUT2D eigenvalue weighted by molar-refractivity contribution is 7.67. The van der Waals surface area contributed by atoms with Crippen molar-refractivity contribution in [1.29, 1.82) is 0 Å². The Morgan fingerprint density at radius 2 is 1.86 bits per heavy atom. The Balaban J connectivity index is 2.10. The van der Waals surface area contributed by atoms with Crippen molar-refractivity contribution >= 4 is 30.6 Å². The summed E-state index contributed by atoms with van der Waals surface area (Å²) in [5.74, 6) is 0.495. The van der Waals surface area contributed by atoms with Crippen LogP contribution >= 0.6 is 7.36 Å². The van der Waals surface area contributed by atoms with Crippen molar-refractivity contribution in [3.63, 3.8) is 0 Å². The van der Waals surface area contributed by atoms with Gasteiger partial charge in [-0.1, -0.05) is 45.9 Å². The van der Waals surface area contributed by atoms with Crippen LogP contribution in [0.4, 0.5) is 17.1 Å². The van der Waals surface area contributed by atoms with Gasteiger partial charge in [0.15, 0.2) is 7.36 Å². The number of anilines is 1. The van der Waals surface area contributed by atoms with Gasteiger partial charge in [-0.25, -0.2) is 14.2 Å². The van der Waals surface area contributed by atoms with Crippen molar-refractivity contribution in [1.82, 2.24) is 9.45 Å². The molecule has 2 aromatic carbocycles. The fourth-order valence-corrected chi connectivity index (χ4v) is 8.96. The quantitative estimate of drug-likeness (QED) is 0.270. The maximum atomic E-state index is 11.6. The predicted octanol–water partition coefficient (Wildman–Crippen LogP) is 6.18. The Kier molecular flexibility index (Phi) is 6.51. The van der Waals surface area contributed by atoms with E-state index in [1.807, 2.05) is 18.0 Å². The maximum Gasteiger partial charge on any atom is 0.271 e. The summed E-state index contributed by atoms with van der Waals surface area (Å²) in [6.45, 7) is 10.2. The lowest BCUT2D eigenvalue weighted by atomic mass is 9.84. The molecule has 9 nitrogen and oxygen atoms in total. The molecule has 35 heavy (non-hydrogen) atoms. The van der Waals surface area contributed by atoms with Crippen LogP contribution in [0.15, 0.2) is 63.3 Å². The number of methoxy groups -OCH3 is 1. The molecule has 0 radical (unpaired) electrons. The van der Waals surface area contributed by atoms with E-state index in [-0.39, 0.29) is 11.1 Å². The monoisotopic (exact) mass is 496 g/mol. The molecule has 2 aliphatic rings. The van der Waals surface area contributed by atoms with E-state index in [4.69, 9.17) is 14.6 Å². The van der Waals surface area contributed by atoms with E-state index in [1.165, 1.54) is 17.7 Å². The van der Waals surface area contributed by atoms with Crippen molar-refractivity contribution in [3.05, 3.63) is 69.2 Å². The molecule has 0 bridgehead atoms. The third-order valence-corrected chi connectivity index (χ3v) is 10.7. The Hall–Kier alpha value is -3.16. The van der Waals surface area contributed by atoms with Gasteiger partial charge in [0.1, 0.15) is 11.4 Å². The number of rotatable bonds is 6. The molecule has 2 aliphatic heterocycles. The van der Waals surface area contributed by atoms with Gasteiger partial charge in [-0.05, 0) is 17.7 Å². The number of hydrogen-bond donors (Lipinski definition) is 0. The van der Waals surface area contributed by atoms with Crippen LogP contribution in [0, 0.1) is 10.1 Å². The number of nitro benzene ring substituents is 1. The first-order chi connectivity index (χ1) is 16.6. The Bertz CT molecular complexity index is 1280. The van der Waals surface area contributed by atoms with Crippen LogP contribution in [0.1, 0.15) is 33.3 Å². The molecule has 0 aliphatic carbocycles. The van der Waals surface area contributed by atoms with Gasteiger partial charge in [0.2, 0.25) is 0 Å². The summed E-state index contributed by atoms with van der Waals surface area (Å²) in [6, 6.07) is 13.0. The minimum atomic E-state index is -2.66. The molecule has 0 saturated heterocycles. The van der Waals surface area contributed by atoms with Gasteiger partial charge in [-0.3, -0.25) is 10.1 Å². The number of hydrazone groups is 1. The van der Waals surface area contributed by atoms with Gasteiger partial charge in [-0.2, -0.15) is 5.10 Å². The lowest BCUT2D eigenvalue weighted by molar-refractivity contribution is -0.384. The number of allylic oxidation sites excluding steroid dienone is 2. The van der Waals surface area contributed by atoms with Crippen LogP contribution in [0.3, 0.4) is 0 Å². The van der Waals surface area contributed by atoms with Crippen LogP contribution in [0.25, 0.3) is 0 Å². The van der Waals surface area contributed by atoms with E-state index in [1.54, 1.807) is 13.2 Å². The zero-order valence-corrected chi connectivity index (χ0v) is 22.3. The molecule has 2 heterocycles. The molecule has 1 atom stereocenters. The van der Waals surface area contributed by atoms with Gasteiger partial charge in [0.25, 0.3) is 5.69 Å². The second-order valence-electron chi connectivity index (χ2n) is 9.09. The third-order valence-electron chi connectivity index (χ3n) is 6.93. The molecule has 0 aromatic heterocycles. The maximum absolute atomic E-state index is 11.6. The Morgan fingerprint density at radius 1 is 1.17 bits per heavy atom. The van der Waals surface area contributed by atoms with Crippen molar-refractivity contribution in [2.24, 2.45) is 9.85 Å². The zero-order valence-electron chi connectivity index (χ0n) is 21.4. The number of ether oxygens (including phenoxy) is 1. The highest BCUT2D eigenvalue weighted by atomic mass is 31.2. The highest BCUT2D eigenvalue weighted by Gasteiger charge is 2.48. The molecule has 0 spiro atoms. The van der Waals surface area contributed by atoms with E-state index >= 15 is 0 Å². The number of benzene rings is 2. The predicted molar refractivity (Wildman–Crippen MR) is 143 cm³/mol. The molecule has 0 N–H and O–H groups in total. The molecule has 0 fully saturated rings. The number of hydrogen-bond acceptors (Lipinski definition) is 6. The first-order valence-electron chi connectivity index (χ1n) is 11.7. The number of nitrogens with zero attached hydrogens (tertiary/aromatic N) is 6. The van der Waals surface area contributed by atoms with E-state index in [2.05, 4.69) is 68.6 Å². The molecule has 0 amide bonds. The molecule has 2 aromatic rings. The molecule has 0 saturated carbocycles. The number of para-hydroxylation sites is 1. The Labute approximate surface area is 207 Å². The van der Waals surface area contributed by atoms with E-state index in [0.29, 0.717) is 11.4 Å². The average molecular weight is 497 g/mol. The van der Waals surface area contributed by atoms with Gasteiger partial charge < -0.3 is 9.64 Å². The Morgan fingerprint density at radius 3 is 2.46 bits per heavy atom. The summed E-state index contributed by atoms with van der Waals surface area (Å²) in [7, 11) is 2.93. The molecular formula is C25H33N6O3P. The van der Waals surface area contributed by atoms with Gasteiger partial charge in [0.05, 0.1) is 23.6 Å². The number of fused-ring (bicyclic) bond motifs is 1. The van der Waals surface area contributed by atoms with Crippen LogP contribution < -0.4 is 9.64 Å². The first-order valence-corrected chi connectivity index (χ1v) is 13.3. The van der Waals surface area contributed by atoms with Gasteiger partial charge in [0, 0.05) is 56.1 Å². The number of non-ortho nitro benzene ring substituents is 1. The summed E-state index contributed by atoms with van der Waals surface area (Å²) in [5, 5.41) is 17.4. The van der Waals surface area contributed by atoms with Crippen molar-refractivity contribution < 1.29 is 9.66 Å². The van der Waals surface area contributed by atoms with Crippen molar-refractivity contribution in [2.45, 2.75) is 33.1 Å². The number of likely N-dealkylation sites (N-methyl/N-ethyl adjacent to an activating group) is 1. The van der Waals surface area contributed by atoms with Crippen LogP contribution in [0.2, 0.25) is 0 Å². The summed E-state index contributed by atoms with van der Waals surface area (Å²) >= 11 is 0. The SMILES string of the molecule is CCN(CC)P1(=Nc2cc([N+](=O)[O-])ccc2OC)C(=C2N(C)c3ccccc3C2(C)C)C=NN1C. The van der Waals surface area contributed by atoms with Crippen LogP contribution in [-0.4, -0.2) is 54.9 Å². The summed E-state index contributed by atoms with van der Waals surface area (Å²) in [4.78, 5) is 13.4. The van der Waals surface area contributed by atoms with Crippen molar-refractivity contribution in [2.75, 3.05) is 39.2 Å². The second-order valence-corrected chi connectivity index (χ2v) is 12.1. The first kappa shape index (κ1) is 24.9. The molecule has 1 unspecified atom stereocenters. The lowest BCUT2D eigenvalue weighted by Gasteiger charge is -2.39. The summed E-state index contributed by atoms with van der Waals surface area (Å²) in [5.41, 5.74) is 3.70. The fourth-order valence-electron chi connectivity index (χ4n) is 5.26. The van der Waals surface area contributed by atoms with Gasteiger partial charge >= 0.3 is 0 Å². The molecule has 10 heteroatoms. The zero-order chi connectivity index (χ0) is 25.5. The highest BCUT2D eigenvalue weighted by Crippen LogP contribution is 2.69. The average Bonchev–Trinajstić information content (AvgIpc) is 3.25. The smallest absolute Gasteiger partial charge is 0.271 e. The van der Waals surface area contributed by atoms with Crippen LogP contribution in [0.5, 0.6) is 5.75 Å². The normalized spacial score (nSPS) is 22.6. The van der Waals surface area contributed by atoms with E-state index in [0.717, 1.165) is 29.8 Å². The standard InChI is InChI=1S/C25H33N6O3P/c1-8-30(9-2)35(27-20-16-18(31(32)33)14-15-22(20)34-7)23(17-26-29(35)6)24-25(3,4)19-12-10-11-13-21(19)28(24)5/h10-17H,8-9H2,1-7H3. The van der Waals surface area contributed by atoms with Gasteiger partial charge in [-0.15, -0.1) is 0 Å². The molecule has 186 valence electrons. The fraction of sp³-hybridized carbons (Fsp3) is 0.400. The molecular weight excluding hydrogens is 463 g/mol.